The van der Waals surface area contributed by atoms with Crippen molar-refractivity contribution < 1.29 is 24.2 Å². The lowest BCUT2D eigenvalue weighted by Gasteiger charge is -2.20. The number of likely N-dealkylation sites (tertiary alicyclic amines) is 1. The van der Waals surface area contributed by atoms with Gasteiger partial charge in [0.05, 0.1) is 19.3 Å². The van der Waals surface area contributed by atoms with Crippen LogP contribution in [0.5, 0.6) is 0 Å². The molecule has 1 saturated heterocycles. The molecule has 0 saturated carbocycles. The Hall–Kier alpha value is -2.05. The maximum Gasteiger partial charge on any atom is 0.410 e. The van der Waals surface area contributed by atoms with Gasteiger partial charge in [0.25, 0.3) is 0 Å². The fourth-order valence-corrected chi connectivity index (χ4v) is 2.49. The first-order valence-electron chi connectivity index (χ1n) is 7.14. The van der Waals surface area contributed by atoms with Crippen LogP contribution in [0.25, 0.3) is 0 Å². The Kier molecular flexibility index (Phi) is 6.01. The summed E-state index contributed by atoms with van der Waals surface area (Å²) in [5, 5.41) is 9.89. The zero-order chi connectivity index (χ0) is 16.8. The number of benzene rings is 1. The van der Waals surface area contributed by atoms with Crippen molar-refractivity contribution in [2.75, 3.05) is 13.2 Å². The quantitative estimate of drug-likeness (QED) is 0.806. The third kappa shape index (κ3) is 4.71. The van der Waals surface area contributed by atoms with Crippen LogP contribution in [-0.4, -0.2) is 47.4 Å². The van der Waals surface area contributed by atoms with Crippen LogP contribution in [0.4, 0.5) is 4.79 Å². The van der Waals surface area contributed by atoms with E-state index in [1.165, 1.54) is 11.0 Å². The number of aliphatic carboxylic acids is 1. The molecule has 1 N–H and O–H groups in total. The summed E-state index contributed by atoms with van der Waals surface area (Å²) in [6.07, 6.45) is 0.627. The molecule has 124 valence electrons. The molecule has 0 aliphatic carbocycles. The van der Waals surface area contributed by atoms with Gasteiger partial charge in [0.15, 0.2) is 0 Å². The van der Waals surface area contributed by atoms with Crippen molar-refractivity contribution in [2.24, 2.45) is 0 Å². The first-order chi connectivity index (χ1) is 11.0. The number of carboxylic acid groups (broad SMARTS) is 1. The molecule has 1 aromatic carbocycles. The van der Waals surface area contributed by atoms with Gasteiger partial charge in [-0.05, 0) is 17.7 Å². The minimum atomic E-state index is -1.07. The van der Waals surface area contributed by atoms with E-state index in [4.69, 9.17) is 21.1 Å². The molecule has 0 aromatic heterocycles. The van der Waals surface area contributed by atoms with Crippen LogP contribution in [-0.2, 0) is 20.9 Å². The Morgan fingerprint density at radius 2 is 2.09 bits per heavy atom. The van der Waals surface area contributed by atoms with Gasteiger partial charge in [-0.3, -0.25) is 4.90 Å². The average Bonchev–Trinajstić information content (AvgIpc) is 2.97. The minimum absolute atomic E-state index is 0.0397. The van der Waals surface area contributed by atoms with Crippen LogP contribution >= 0.6 is 11.6 Å². The molecule has 1 aliphatic rings. The highest BCUT2D eigenvalue weighted by Gasteiger charge is 2.41. The molecule has 1 aliphatic heterocycles. The van der Waals surface area contributed by atoms with Gasteiger partial charge in [0.1, 0.15) is 12.6 Å². The van der Waals surface area contributed by atoms with Crippen molar-refractivity contribution in [3.63, 3.8) is 0 Å². The first kappa shape index (κ1) is 17.3. The highest BCUT2D eigenvalue weighted by molar-refractivity contribution is 6.30. The largest absolute Gasteiger partial charge is 0.480 e. The number of carbonyl (C=O) groups is 2. The smallest absolute Gasteiger partial charge is 0.410 e. The fourth-order valence-electron chi connectivity index (χ4n) is 2.36. The van der Waals surface area contributed by atoms with Gasteiger partial charge in [-0.2, -0.15) is 0 Å². The first-order valence-corrected chi connectivity index (χ1v) is 7.52. The number of amides is 1. The molecule has 7 heteroatoms. The number of hydrogen-bond acceptors (Lipinski definition) is 4. The second kappa shape index (κ2) is 7.99. The van der Waals surface area contributed by atoms with Crippen molar-refractivity contribution in [1.29, 1.82) is 0 Å². The van der Waals surface area contributed by atoms with Crippen LogP contribution < -0.4 is 0 Å². The third-order valence-electron chi connectivity index (χ3n) is 3.51. The number of nitrogens with zero attached hydrogens (tertiary/aromatic N) is 1. The van der Waals surface area contributed by atoms with Crippen molar-refractivity contribution in [2.45, 2.75) is 25.2 Å². The van der Waals surface area contributed by atoms with Gasteiger partial charge in [-0.15, -0.1) is 0 Å². The number of rotatable bonds is 6. The monoisotopic (exact) mass is 339 g/mol. The van der Waals surface area contributed by atoms with Crippen LogP contribution in [0, 0.1) is 0 Å². The Labute approximate surface area is 139 Å². The number of carboxylic acids is 1. The molecule has 6 nitrogen and oxygen atoms in total. The molecular formula is C16H18ClNO5. The molecule has 1 amide bonds. The van der Waals surface area contributed by atoms with E-state index in [9.17, 15) is 14.7 Å². The van der Waals surface area contributed by atoms with E-state index in [1.807, 2.05) is 12.1 Å². The van der Waals surface area contributed by atoms with E-state index in [-0.39, 0.29) is 25.7 Å². The molecule has 0 spiro atoms. The lowest BCUT2D eigenvalue weighted by atomic mass is 10.2. The Balaban J connectivity index is 1.93. The summed E-state index contributed by atoms with van der Waals surface area (Å²) in [6, 6.07) is 6.24. The van der Waals surface area contributed by atoms with Gasteiger partial charge in [-0.25, -0.2) is 9.59 Å². The van der Waals surface area contributed by atoms with Gasteiger partial charge in [0.2, 0.25) is 0 Å². The van der Waals surface area contributed by atoms with Crippen molar-refractivity contribution >= 4 is 23.7 Å². The fraction of sp³-hybridized carbons (Fsp3) is 0.375. The molecule has 23 heavy (non-hydrogen) atoms. The summed E-state index contributed by atoms with van der Waals surface area (Å²) in [6.45, 7) is 4.00. The molecule has 0 bridgehead atoms. The lowest BCUT2D eigenvalue weighted by Crippen LogP contribution is -2.41. The summed E-state index contributed by atoms with van der Waals surface area (Å²) in [5.41, 5.74) is 0.925. The van der Waals surface area contributed by atoms with Gasteiger partial charge < -0.3 is 14.6 Å². The van der Waals surface area contributed by atoms with E-state index in [0.717, 1.165) is 5.56 Å². The second-order valence-electron chi connectivity index (χ2n) is 5.17. The summed E-state index contributed by atoms with van der Waals surface area (Å²) >= 11 is 5.82. The zero-order valence-corrected chi connectivity index (χ0v) is 13.2. The minimum Gasteiger partial charge on any atom is -0.480 e. The number of halogens is 1. The van der Waals surface area contributed by atoms with E-state index >= 15 is 0 Å². The molecular weight excluding hydrogens is 322 g/mol. The van der Waals surface area contributed by atoms with E-state index in [0.29, 0.717) is 11.6 Å². The summed E-state index contributed by atoms with van der Waals surface area (Å²) in [4.78, 5) is 24.4. The van der Waals surface area contributed by atoms with Gasteiger partial charge >= 0.3 is 12.1 Å². The van der Waals surface area contributed by atoms with Crippen LogP contribution in [0.15, 0.2) is 36.9 Å². The van der Waals surface area contributed by atoms with E-state index < -0.39 is 18.1 Å². The van der Waals surface area contributed by atoms with Gasteiger partial charge in [-0.1, -0.05) is 36.4 Å². The predicted molar refractivity (Wildman–Crippen MR) is 84.3 cm³/mol. The van der Waals surface area contributed by atoms with E-state index in [2.05, 4.69) is 6.58 Å². The molecule has 2 rings (SSSR count). The zero-order valence-electron chi connectivity index (χ0n) is 12.5. The number of hydrogen-bond donors (Lipinski definition) is 1. The highest BCUT2D eigenvalue weighted by Crippen LogP contribution is 2.23. The molecule has 1 heterocycles. The summed E-state index contributed by atoms with van der Waals surface area (Å²) in [5.74, 6) is -1.07. The van der Waals surface area contributed by atoms with Crippen LogP contribution in [0.3, 0.4) is 0 Å². The molecule has 0 unspecified atom stereocenters. The number of ether oxygens (including phenoxy) is 2. The van der Waals surface area contributed by atoms with Crippen molar-refractivity contribution in [3.8, 4) is 0 Å². The molecule has 0 radical (unpaired) electrons. The highest BCUT2D eigenvalue weighted by atomic mass is 35.5. The summed E-state index contributed by atoms with van der Waals surface area (Å²) < 4.78 is 10.6. The Morgan fingerprint density at radius 3 is 2.70 bits per heavy atom. The SMILES string of the molecule is C=CCOC(=O)N1C[C@H](OCc2ccc(Cl)cc2)C[C@H]1C(=O)O. The molecule has 2 atom stereocenters. The van der Waals surface area contributed by atoms with Crippen LogP contribution in [0.2, 0.25) is 5.02 Å². The second-order valence-corrected chi connectivity index (χ2v) is 5.60. The average molecular weight is 340 g/mol. The maximum atomic E-state index is 11.9. The number of carbonyl (C=O) groups excluding carboxylic acids is 1. The lowest BCUT2D eigenvalue weighted by molar-refractivity contribution is -0.141. The van der Waals surface area contributed by atoms with E-state index in [1.54, 1.807) is 12.1 Å². The maximum absolute atomic E-state index is 11.9. The van der Waals surface area contributed by atoms with Gasteiger partial charge in [0, 0.05) is 11.4 Å². The third-order valence-corrected chi connectivity index (χ3v) is 3.76. The molecule has 1 aromatic rings. The normalized spacial score (nSPS) is 20.3. The van der Waals surface area contributed by atoms with Crippen LogP contribution in [0.1, 0.15) is 12.0 Å². The van der Waals surface area contributed by atoms with Crippen molar-refractivity contribution in [3.05, 3.63) is 47.5 Å². The predicted octanol–water partition coefficient (Wildman–Crippen LogP) is 2.71. The Morgan fingerprint density at radius 1 is 1.39 bits per heavy atom. The topological polar surface area (TPSA) is 76.1 Å². The van der Waals surface area contributed by atoms with Crippen molar-refractivity contribution in [1.82, 2.24) is 4.90 Å². The Bertz CT molecular complexity index is 574. The summed E-state index contributed by atoms with van der Waals surface area (Å²) in [7, 11) is 0. The molecule has 1 fully saturated rings. The standard InChI is InChI=1S/C16H18ClNO5/c1-2-7-22-16(21)18-9-13(8-14(18)15(19)20)23-10-11-3-5-12(17)6-4-11/h2-6,13-14H,1,7-10H2,(H,19,20)/t13-,14+/m1/s1.